The summed E-state index contributed by atoms with van der Waals surface area (Å²) in [6.07, 6.45) is 4.87. The fourth-order valence-corrected chi connectivity index (χ4v) is 3.73. The van der Waals surface area contributed by atoms with Crippen LogP contribution < -0.4 is 10.1 Å². The van der Waals surface area contributed by atoms with Gasteiger partial charge in [0.1, 0.15) is 12.4 Å². The van der Waals surface area contributed by atoms with Gasteiger partial charge in [0, 0.05) is 30.2 Å². The molecule has 1 aliphatic heterocycles. The molecule has 1 atom stereocenters. The first-order valence-electron chi connectivity index (χ1n) is 10.5. The fourth-order valence-electron chi connectivity index (χ4n) is 3.73. The minimum absolute atomic E-state index is 0.460. The summed E-state index contributed by atoms with van der Waals surface area (Å²) < 4.78 is 10.0. The zero-order valence-corrected chi connectivity index (χ0v) is 18.3. The van der Waals surface area contributed by atoms with Crippen molar-refractivity contribution in [2.24, 2.45) is 0 Å². The van der Waals surface area contributed by atoms with Gasteiger partial charge in [0.15, 0.2) is 0 Å². The van der Waals surface area contributed by atoms with Crippen LogP contribution in [0.15, 0.2) is 30.6 Å². The van der Waals surface area contributed by atoms with Crippen LogP contribution in [0.5, 0.6) is 5.75 Å². The summed E-state index contributed by atoms with van der Waals surface area (Å²) in [7, 11) is 0. The molecule has 1 fully saturated rings. The smallest absolute Gasteiger partial charge is 0.137 e. The summed E-state index contributed by atoms with van der Waals surface area (Å²) in [6.45, 7) is 12.1. The fraction of sp³-hybridized carbons (Fsp3) is 0.500. The van der Waals surface area contributed by atoms with Crippen LogP contribution in [-0.2, 0) is 19.9 Å². The number of ether oxygens (including phenoxy) is 1. The molecule has 8 nitrogen and oxygen atoms in total. The molecule has 0 aromatic carbocycles. The van der Waals surface area contributed by atoms with E-state index in [0.29, 0.717) is 26.0 Å². The Labute approximate surface area is 177 Å². The van der Waals surface area contributed by atoms with Crippen molar-refractivity contribution in [1.29, 1.82) is 0 Å². The van der Waals surface area contributed by atoms with Gasteiger partial charge in [-0.1, -0.05) is 0 Å². The normalized spacial score (nSPS) is 16.1. The molecular weight excluding hydrogens is 378 g/mol. The molecular formula is C22H31N7O. The highest BCUT2D eigenvalue weighted by Gasteiger charge is 2.17. The Balaban J connectivity index is 1.49. The van der Waals surface area contributed by atoms with E-state index in [1.165, 1.54) is 6.42 Å². The maximum atomic E-state index is 5.93. The van der Waals surface area contributed by atoms with Crippen LogP contribution in [0, 0.1) is 27.7 Å². The quantitative estimate of drug-likeness (QED) is 0.586. The summed E-state index contributed by atoms with van der Waals surface area (Å²) in [5.74, 6) is 0.818. The molecule has 30 heavy (non-hydrogen) atoms. The van der Waals surface area contributed by atoms with E-state index in [-0.39, 0.29) is 0 Å². The van der Waals surface area contributed by atoms with Crippen LogP contribution in [0.2, 0.25) is 0 Å². The predicted octanol–water partition coefficient (Wildman–Crippen LogP) is 2.57. The lowest BCUT2D eigenvalue weighted by Crippen LogP contribution is -2.46. The first-order chi connectivity index (χ1) is 14.5. The van der Waals surface area contributed by atoms with Crippen molar-refractivity contribution in [3.63, 3.8) is 0 Å². The van der Waals surface area contributed by atoms with E-state index in [9.17, 15) is 0 Å². The van der Waals surface area contributed by atoms with Crippen molar-refractivity contribution < 1.29 is 4.74 Å². The Kier molecular flexibility index (Phi) is 6.15. The van der Waals surface area contributed by atoms with Crippen LogP contribution >= 0.6 is 0 Å². The van der Waals surface area contributed by atoms with Crippen LogP contribution in [0.4, 0.5) is 0 Å². The summed E-state index contributed by atoms with van der Waals surface area (Å²) >= 11 is 0. The third kappa shape index (κ3) is 5.06. The number of nitrogens with zero attached hydrogens (tertiary/aromatic N) is 6. The average Bonchev–Trinajstić information content (AvgIpc) is 3.13. The van der Waals surface area contributed by atoms with Crippen LogP contribution in [0.1, 0.15) is 34.8 Å². The Morgan fingerprint density at radius 1 is 1.00 bits per heavy atom. The molecule has 8 heteroatoms. The molecule has 4 heterocycles. The van der Waals surface area contributed by atoms with Gasteiger partial charge in [-0.25, -0.2) is 0 Å². The lowest BCUT2D eigenvalue weighted by atomic mass is 10.1. The summed E-state index contributed by atoms with van der Waals surface area (Å²) in [4.78, 5) is 6.71. The number of aromatic nitrogens is 5. The molecule has 1 aliphatic rings. The van der Waals surface area contributed by atoms with Gasteiger partial charge in [-0.3, -0.25) is 19.2 Å². The topological polar surface area (TPSA) is 73.0 Å². The number of rotatable bonds is 9. The van der Waals surface area contributed by atoms with Gasteiger partial charge < -0.3 is 10.1 Å². The molecule has 3 aromatic rings. The molecule has 0 unspecified atom stereocenters. The molecule has 1 saturated heterocycles. The Hall–Kier alpha value is -2.71. The van der Waals surface area contributed by atoms with E-state index in [1.54, 1.807) is 6.20 Å². The standard InChI is InChI=1S/C22H31N7O/c1-16-7-18(3)28(25-16)14-27(15-29-19(4)8-17(2)26-29)12-20-9-22(11-23-10-20)30-13-21-5-6-24-21/h7-11,21,24H,5-6,12-15H2,1-4H3/t21-/m0/s1. The van der Waals surface area contributed by atoms with Crippen molar-refractivity contribution in [2.75, 3.05) is 13.2 Å². The lowest BCUT2D eigenvalue weighted by molar-refractivity contribution is 0.141. The van der Waals surface area contributed by atoms with E-state index in [0.717, 1.165) is 47.2 Å². The van der Waals surface area contributed by atoms with E-state index < -0.39 is 0 Å². The highest BCUT2D eigenvalue weighted by atomic mass is 16.5. The van der Waals surface area contributed by atoms with E-state index in [2.05, 4.69) is 57.4 Å². The zero-order valence-electron chi connectivity index (χ0n) is 18.3. The van der Waals surface area contributed by atoms with Gasteiger partial charge in [-0.15, -0.1) is 0 Å². The van der Waals surface area contributed by atoms with Crippen LogP contribution in [-0.4, -0.2) is 48.6 Å². The first kappa shape index (κ1) is 20.6. The van der Waals surface area contributed by atoms with Gasteiger partial charge in [0.05, 0.1) is 30.9 Å². The van der Waals surface area contributed by atoms with Crippen LogP contribution in [0.25, 0.3) is 0 Å². The Morgan fingerprint density at radius 2 is 1.63 bits per heavy atom. The summed E-state index contributed by atoms with van der Waals surface area (Å²) in [6, 6.07) is 6.75. The van der Waals surface area contributed by atoms with E-state index >= 15 is 0 Å². The van der Waals surface area contributed by atoms with E-state index in [1.807, 2.05) is 29.4 Å². The summed E-state index contributed by atoms with van der Waals surface area (Å²) in [5.41, 5.74) is 5.46. The molecule has 0 spiro atoms. The van der Waals surface area contributed by atoms with Gasteiger partial charge >= 0.3 is 0 Å². The molecule has 3 aromatic heterocycles. The minimum atomic E-state index is 0.460. The SMILES string of the molecule is Cc1cc(C)n(CN(Cc2cncc(OC[C@@H]3CCN3)c2)Cn2nc(C)cc2C)n1. The lowest BCUT2D eigenvalue weighted by Gasteiger charge is -2.27. The maximum Gasteiger partial charge on any atom is 0.137 e. The summed E-state index contributed by atoms with van der Waals surface area (Å²) in [5, 5.41) is 12.6. The molecule has 0 aliphatic carbocycles. The molecule has 0 bridgehead atoms. The first-order valence-corrected chi connectivity index (χ1v) is 10.5. The molecule has 0 radical (unpaired) electrons. The highest BCUT2D eigenvalue weighted by Crippen LogP contribution is 2.16. The monoisotopic (exact) mass is 409 g/mol. The van der Waals surface area contributed by atoms with Gasteiger partial charge in [-0.2, -0.15) is 10.2 Å². The number of pyridine rings is 1. The zero-order chi connectivity index (χ0) is 21.1. The van der Waals surface area contributed by atoms with Gasteiger partial charge in [0.25, 0.3) is 0 Å². The molecule has 160 valence electrons. The number of nitrogens with one attached hydrogen (secondary N) is 1. The molecule has 1 N–H and O–H groups in total. The third-order valence-corrected chi connectivity index (χ3v) is 5.43. The highest BCUT2D eigenvalue weighted by molar-refractivity contribution is 5.23. The number of hydrogen-bond donors (Lipinski definition) is 1. The second kappa shape index (κ2) is 8.97. The molecule has 0 amide bonds. The Bertz CT molecular complexity index is 941. The van der Waals surface area contributed by atoms with Crippen molar-refractivity contribution >= 4 is 0 Å². The Morgan fingerprint density at radius 3 is 2.13 bits per heavy atom. The van der Waals surface area contributed by atoms with Gasteiger partial charge in [0.2, 0.25) is 0 Å². The van der Waals surface area contributed by atoms with Crippen molar-refractivity contribution in [3.05, 3.63) is 58.9 Å². The minimum Gasteiger partial charge on any atom is -0.490 e. The third-order valence-electron chi connectivity index (χ3n) is 5.43. The van der Waals surface area contributed by atoms with Crippen molar-refractivity contribution in [2.45, 2.75) is 60.0 Å². The molecule has 4 rings (SSSR count). The van der Waals surface area contributed by atoms with Gasteiger partial charge in [-0.05, 0) is 64.4 Å². The van der Waals surface area contributed by atoms with Crippen molar-refractivity contribution in [1.82, 2.24) is 34.8 Å². The number of hydrogen-bond acceptors (Lipinski definition) is 6. The average molecular weight is 410 g/mol. The largest absolute Gasteiger partial charge is 0.490 e. The van der Waals surface area contributed by atoms with Crippen LogP contribution in [0.3, 0.4) is 0 Å². The predicted molar refractivity (Wildman–Crippen MR) is 115 cm³/mol. The number of aryl methyl sites for hydroxylation is 4. The molecule has 0 saturated carbocycles. The van der Waals surface area contributed by atoms with E-state index in [4.69, 9.17) is 4.74 Å². The maximum absolute atomic E-state index is 5.93. The second-order valence-electron chi connectivity index (χ2n) is 8.24. The van der Waals surface area contributed by atoms with Crippen molar-refractivity contribution in [3.8, 4) is 5.75 Å². The second-order valence-corrected chi connectivity index (χ2v) is 8.24.